The second kappa shape index (κ2) is 3.43. The molecule has 1 aromatic carbocycles. The van der Waals surface area contributed by atoms with Crippen molar-refractivity contribution in [1.29, 1.82) is 0 Å². The van der Waals surface area contributed by atoms with Crippen molar-refractivity contribution in [3.8, 4) is 0 Å². The van der Waals surface area contributed by atoms with Gasteiger partial charge >= 0.3 is 0 Å². The first kappa shape index (κ1) is 7.36. The minimum Gasteiger partial charge on any atom is -0.0894 e. The summed E-state index contributed by atoms with van der Waals surface area (Å²) in [5.41, 5.74) is 1.15. The van der Waals surface area contributed by atoms with Crippen LogP contribution in [0.2, 0.25) is 0 Å². The maximum Gasteiger partial charge on any atom is 0.0155 e. The van der Waals surface area contributed by atoms with Gasteiger partial charge in [0, 0.05) is 5.03 Å². The zero-order valence-corrected chi connectivity index (χ0v) is 6.60. The van der Waals surface area contributed by atoms with Crippen molar-refractivity contribution < 1.29 is 0 Å². The van der Waals surface area contributed by atoms with E-state index >= 15 is 0 Å². The second-order valence-electron chi connectivity index (χ2n) is 2.14. The van der Waals surface area contributed by atoms with Crippen molar-refractivity contribution >= 4 is 17.7 Å². The molecule has 0 amide bonds. The maximum atomic E-state index is 5.67. The first-order valence-corrected chi connectivity index (χ1v) is 3.55. The van der Waals surface area contributed by atoms with Gasteiger partial charge in [0.05, 0.1) is 0 Å². The van der Waals surface area contributed by atoms with E-state index in [9.17, 15) is 0 Å². The summed E-state index contributed by atoms with van der Waals surface area (Å²) >= 11 is 5.67. The van der Waals surface area contributed by atoms with Crippen LogP contribution in [-0.4, -0.2) is 0 Å². The Balaban J connectivity index is 2.87. The lowest BCUT2D eigenvalue weighted by Gasteiger charge is -1.90. The van der Waals surface area contributed by atoms with Crippen LogP contribution in [-0.2, 0) is 0 Å². The van der Waals surface area contributed by atoms with E-state index in [4.69, 9.17) is 11.6 Å². The zero-order chi connectivity index (χ0) is 7.40. The fourth-order valence-electron chi connectivity index (χ4n) is 0.779. The molecule has 1 aromatic rings. The Morgan fingerprint density at radius 1 is 1.30 bits per heavy atom. The van der Waals surface area contributed by atoms with Gasteiger partial charge in [-0.25, -0.2) is 0 Å². The standard InChI is InChI=1S/C9H9Cl/c1-8(10)7-9-5-3-2-4-6-9/h2-7H,1H3. The van der Waals surface area contributed by atoms with Crippen molar-refractivity contribution in [2.75, 3.05) is 0 Å². The number of hydrogen-bond acceptors (Lipinski definition) is 0. The smallest absolute Gasteiger partial charge is 0.0155 e. The third-order valence-corrected chi connectivity index (χ3v) is 1.27. The van der Waals surface area contributed by atoms with Gasteiger partial charge in [-0.2, -0.15) is 0 Å². The highest BCUT2D eigenvalue weighted by Crippen LogP contribution is 2.07. The molecule has 0 spiro atoms. The third kappa shape index (κ3) is 2.24. The summed E-state index contributed by atoms with van der Waals surface area (Å²) in [5.74, 6) is 0. The van der Waals surface area contributed by atoms with Crippen molar-refractivity contribution in [3.63, 3.8) is 0 Å². The highest BCUT2D eigenvalue weighted by Gasteiger charge is 1.83. The number of rotatable bonds is 1. The van der Waals surface area contributed by atoms with E-state index in [0.717, 1.165) is 10.6 Å². The molecule has 0 aromatic heterocycles. The topological polar surface area (TPSA) is 0 Å². The normalized spacial score (nSPS) is 11.6. The molecule has 0 aliphatic rings. The molecule has 0 radical (unpaired) electrons. The molecule has 1 heteroatoms. The number of allylic oxidation sites excluding steroid dienone is 1. The summed E-state index contributed by atoms with van der Waals surface area (Å²) in [7, 11) is 0. The van der Waals surface area contributed by atoms with E-state index in [1.165, 1.54) is 0 Å². The number of halogens is 1. The minimum absolute atomic E-state index is 0.811. The maximum absolute atomic E-state index is 5.67. The van der Waals surface area contributed by atoms with Crippen molar-refractivity contribution in [1.82, 2.24) is 0 Å². The van der Waals surface area contributed by atoms with Crippen molar-refractivity contribution in [2.45, 2.75) is 6.92 Å². The summed E-state index contributed by atoms with van der Waals surface area (Å²) in [5, 5.41) is 0.811. The molecule has 0 heterocycles. The van der Waals surface area contributed by atoms with Gasteiger partial charge in [0.1, 0.15) is 0 Å². The third-order valence-electron chi connectivity index (χ3n) is 1.17. The first-order chi connectivity index (χ1) is 4.79. The SMILES string of the molecule is CC(Cl)=Cc1ccccc1. The number of hydrogen-bond donors (Lipinski definition) is 0. The Kier molecular flexibility index (Phi) is 2.52. The van der Waals surface area contributed by atoms with Gasteiger partial charge in [-0.1, -0.05) is 41.9 Å². The summed E-state index contributed by atoms with van der Waals surface area (Å²) in [6, 6.07) is 10.0. The molecule has 0 bridgehead atoms. The van der Waals surface area contributed by atoms with E-state index in [2.05, 4.69) is 0 Å². The van der Waals surface area contributed by atoms with Gasteiger partial charge in [-0.15, -0.1) is 0 Å². The molecular weight excluding hydrogens is 144 g/mol. The average Bonchev–Trinajstić information content (AvgIpc) is 1.88. The molecule has 0 unspecified atom stereocenters. The van der Waals surface area contributed by atoms with Crippen LogP contribution in [0, 0.1) is 0 Å². The van der Waals surface area contributed by atoms with Gasteiger partial charge in [0.15, 0.2) is 0 Å². The zero-order valence-electron chi connectivity index (χ0n) is 5.84. The number of benzene rings is 1. The molecule has 0 saturated carbocycles. The molecular formula is C9H9Cl. The van der Waals surface area contributed by atoms with E-state index < -0.39 is 0 Å². The first-order valence-electron chi connectivity index (χ1n) is 3.18. The van der Waals surface area contributed by atoms with Crippen LogP contribution < -0.4 is 0 Å². The van der Waals surface area contributed by atoms with Crippen molar-refractivity contribution in [3.05, 3.63) is 40.9 Å². The molecule has 0 atom stereocenters. The monoisotopic (exact) mass is 152 g/mol. The Bertz CT molecular complexity index is 220. The van der Waals surface area contributed by atoms with Crippen LogP contribution in [0.25, 0.3) is 6.08 Å². The van der Waals surface area contributed by atoms with Crippen LogP contribution in [0.1, 0.15) is 12.5 Å². The molecule has 0 saturated heterocycles. The molecule has 0 nitrogen and oxygen atoms in total. The van der Waals surface area contributed by atoms with Crippen LogP contribution in [0.3, 0.4) is 0 Å². The summed E-state index contributed by atoms with van der Waals surface area (Å²) < 4.78 is 0. The molecule has 0 fully saturated rings. The quantitative estimate of drug-likeness (QED) is 0.580. The molecule has 52 valence electrons. The predicted molar refractivity (Wildman–Crippen MR) is 45.9 cm³/mol. The molecule has 1 rings (SSSR count). The van der Waals surface area contributed by atoms with Gasteiger partial charge in [-0.05, 0) is 18.6 Å². The van der Waals surface area contributed by atoms with E-state index in [1.807, 2.05) is 43.3 Å². The van der Waals surface area contributed by atoms with Gasteiger partial charge < -0.3 is 0 Å². The summed E-state index contributed by atoms with van der Waals surface area (Å²) in [6.07, 6.45) is 1.93. The largest absolute Gasteiger partial charge is 0.0894 e. The Morgan fingerprint density at radius 3 is 2.40 bits per heavy atom. The molecule has 0 aliphatic heterocycles. The van der Waals surface area contributed by atoms with Crippen LogP contribution in [0.15, 0.2) is 35.4 Å². The highest BCUT2D eigenvalue weighted by molar-refractivity contribution is 6.31. The summed E-state index contributed by atoms with van der Waals surface area (Å²) in [6.45, 7) is 1.87. The Hall–Kier alpha value is -0.750. The molecule has 0 aliphatic carbocycles. The van der Waals surface area contributed by atoms with Crippen LogP contribution in [0.4, 0.5) is 0 Å². The lowest BCUT2D eigenvalue weighted by atomic mass is 10.2. The van der Waals surface area contributed by atoms with E-state index in [0.29, 0.717) is 0 Å². The predicted octanol–water partition coefficient (Wildman–Crippen LogP) is 3.29. The average molecular weight is 153 g/mol. The van der Waals surface area contributed by atoms with E-state index in [-0.39, 0.29) is 0 Å². The minimum atomic E-state index is 0.811. The van der Waals surface area contributed by atoms with Gasteiger partial charge in [0.2, 0.25) is 0 Å². The fourth-order valence-corrected chi connectivity index (χ4v) is 0.905. The highest BCUT2D eigenvalue weighted by atomic mass is 35.5. The van der Waals surface area contributed by atoms with Crippen molar-refractivity contribution in [2.24, 2.45) is 0 Å². The Labute approximate surface area is 66.1 Å². The van der Waals surface area contributed by atoms with E-state index in [1.54, 1.807) is 0 Å². The molecule has 10 heavy (non-hydrogen) atoms. The van der Waals surface area contributed by atoms with Gasteiger partial charge in [0.25, 0.3) is 0 Å². The molecule has 0 N–H and O–H groups in total. The summed E-state index contributed by atoms with van der Waals surface area (Å²) in [4.78, 5) is 0. The van der Waals surface area contributed by atoms with Crippen LogP contribution in [0.5, 0.6) is 0 Å². The Morgan fingerprint density at radius 2 is 1.90 bits per heavy atom. The van der Waals surface area contributed by atoms with Crippen LogP contribution >= 0.6 is 11.6 Å². The lowest BCUT2D eigenvalue weighted by molar-refractivity contribution is 1.63. The lowest BCUT2D eigenvalue weighted by Crippen LogP contribution is -1.68. The van der Waals surface area contributed by atoms with Gasteiger partial charge in [-0.3, -0.25) is 0 Å². The second-order valence-corrected chi connectivity index (χ2v) is 2.74. The fraction of sp³-hybridized carbons (Fsp3) is 0.111.